The van der Waals surface area contributed by atoms with Gasteiger partial charge in [0.1, 0.15) is 6.10 Å². The van der Waals surface area contributed by atoms with Crippen LogP contribution in [-0.4, -0.2) is 54.7 Å². The van der Waals surface area contributed by atoms with E-state index in [0.717, 1.165) is 67.4 Å². The average molecular weight is 471 g/mol. The Kier molecular flexibility index (Phi) is 5.56. The summed E-state index contributed by atoms with van der Waals surface area (Å²) in [5.41, 5.74) is 4.20. The van der Waals surface area contributed by atoms with Crippen molar-refractivity contribution in [2.24, 2.45) is 5.41 Å². The number of carbonyl (C=O) groups is 2. The first-order valence-corrected chi connectivity index (χ1v) is 12.6. The molecule has 1 spiro atoms. The quantitative estimate of drug-likeness (QED) is 0.504. The fourth-order valence-corrected chi connectivity index (χ4v) is 6.02. The molecule has 3 aromatic rings. The number of esters is 1. The number of pyridine rings is 1. The highest BCUT2D eigenvalue weighted by atomic mass is 16.5. The van der Waals surface area contributed by atoms with Crippen molar-refractivity contribution in [1.82, 2.24) is 9.88 Å². The second-order valence-corrected chi connectivity index (χ2v) is 10.2. The van der Waals surface area contributed by atoms with Crippen molar-refractivity contribution >= 4 is 22.6 Å². The molecule has 3 aliphatic rings. The number of hydrogen-bond acceptors (Lipinski definition) is 5. The van der Waals surface area contributed by atoms with Gasteiger partial charge in [-0.1, -0.05) is 36.4 Å². The van der Waals surface area contributed by atoms with Crippen LogP contribution >= 0.6 is 0 Å². The zero-order valence-electron chi connectivity index (χ0n) is 20.0. The van der Waals surface area contributed by atoms with E-state index in [1.807, 2.05) is 23.1 Å². The molecule has 0 radical (unpaired) electrons. The normalized spacial score (nSPS) is 22.9. The third kappa shape index (κ3) is 4.00. The van der Waals surface area contributed by atoms with E-state index in [4.69, 9.17) is 9.47 Å². The molecule has 35 heavy (non-hydrogen) atoms. The molecular formula is C29H30N2O4. The van der Waals surface area contributed by atoms with Gasteiger partial charge in [0.25, 0.3) is 5.91 Å². The van der Waals surface area contributed by atoms with Crippen LogP contribution in [0.4, 0.5) is 0 Å². The fraction of sp³-hybridized carbons (Fsp3) is 0.414. The first kappa shape index (κ1) is 22.2. The number of piperidine rings is 1. The second-order valence-electron chi connectivity index (χ2n) is 10.2. The number of amides is 1. The molecule has 6 heteroatoms. The van der Waals surface area contributed by atoms with Crippen molar-refractivity contribution in [1.29, 1.82) is 0 Å². The fourth-order valence-electron chi connectivity index (χ4n) is 6.02. The van der Waals surface area contributed by atoms with Gasteiger partial charge in [-0.3, -0.25) is 9.78 Å². The molecule has 3 heterocycles. The molecule has 6 rings (SSSR count). The average Bonchev–Trinajstić information content (AvgIpc) is 3.32. The summed E-state index contributed by atoms with van der Waals surface area (Å²) in [4.78, 5) is 31.4. The van der Waals surface area contributed by atoms with E-state index in [1.54, 1.807) is 12.3 Å². The highest BCUT2D eigenvalue weighted by molar-refractivity contribution is 6.04. The van der Waals surface area contributed by atoms with Crippen LogP contribution in [-0.2, 0) is 14.3 Å². The number of aromatic nitrogens is 1. The van der Waals surface area contributed by atoms with E-state index >= 15 is 0 Å². The first-order valence-electron chi connectivity index (χ1n) is 12.6. The van der Waals surface area contributed by atoms with Gasteiger partial charge in [-0.05, 0) is 66.5 Å². The Morgan fingerprint density at radius 3 is 2.63 bits per heavy atom. The minimum Gasteiger partial charge on any atom is -0.465 e. The molecule has 6 nitrogen and oxygen atoms in total. The van der Waals surface area contributed by atoms with Crippen molar-refractivity contribution in [2.45, 2.75) is 44.1 Å². The van der Waals surface area contributed by atoms with E-state index in [0.29, 0.717) is 16.9 Å². The Labute approximate surface area is 205 Å². The molecule has 2 aliphatic heterocycles. The van der Waals surface area contributed by atoms with Crippen molar-refractivity contribution < 1.29 is 19.1 Å². The lowest BCUT2D eigenvalue weighted by atomic mass is 9.88. The van der Waals surface area contributed by atoms with Crippen LogP contribution in [0, 0.1) is 5.41 Å². The second kappa shape index (κ2) is 8.76. The van der Waals surface area contributed by atoms with E-state index < -0.39 is 0 Å². The number of likely N-dealkylation sites (tertiary alicyclic amines) is 1. The highest BCUT2D eigenvalue weighted by Crippen LogP contribution is 2.65. The van der Waals surface area contributed by atoms with E-state index in [2.05, 4.69) is 29.2 Å². The molecule has 1 aliphatic carbocycles. The summed E-state index contributed by atoms with van der Waals surface area (Å²) >= 11 is 0. The zero-order valence-corrected chi connectivity index (χ0v) is 20.0. The van der Waals surface area contributed by atoms with Crippen molar-refractivity contribution in [3.05, 3.63) is 65.9 Å². The number of benzene rings is 2. The third-order valence-electron chi connectivity index (χ3n) is 8.24. The van der Waals surface area contributed by atoms with Crippen molar-refractivity contribution in [3.8, 4) is 11.3 Å². The molecule has 1 amide bonds. The van der Waals surface area contributed by atoms with Crippen LogP contribution in [0.25, 0.3) is 22.0 Å². The summed E-state index contributed by atoms with van der Waals surface area (Å²) in [6.07, 6.45) is 6.77. The first-order chi connectivity index (χ1) is 17.1. The monoisotopic (exact) mass is 470 g/mol. The molecule has 1 saturated carbocycles. The largest absolute Gasteiger partial charge is 0.465 e. The van der Waals surface area contributed by atoms with Gasteiger partial charge in [-0.15, -0.1) is 0 Å². The predicted molar refractivity (Wildman–Crippen MR) is 133 cm³/mol. The topological polar surface area (TPSA) is 68.7 Å². The van der Waals surface area contributed by atoms with Crippen LogP contribution in [0.2, 0.25) is 0 Å². The molecule has 0 bridgehead atoms. The lowest BCUT2D eigenvalue weighted by Gasteiger charge is -2.34. The maximum Gasteiger partial charge on any atom is 0.338 e. The van der Waals surface area contributed by atoms with Gasteiger partial charge in [0.05, 0.1) is 18.4 Å². The van der Waals surface area contributed by atoms with Crippen molar-refractivity contribution in [2.75, 3.05) is 26.8 Å². The highest BCUT2D eigenvalue weighted by Gasteiger charge is 2.55. The van der Waals surface area contributed by atoms with Gasteiger partial charge in [-0.25, -0.2) is 4.79 Å². The molecule has 2 aromatic carbocycles. The molecule has 2 saturated heterocycles. The number of rotatable bonds is 4. The Morgan fingerprint density at radius 2 is 1.91 bits per heavy atom. The Balaban J connectivity index is 1.14. The van der Waals surface area contributed by atoms with Gasteiger partial charge in [0, 0.05) is 36.8 Å². The Hall–Kier alpha value is -3.25. The van der Waals surface area contributed by atoms with Gasteiger partial charge in [0.15, 0.2) is 0 Å². The SMILES string of the molecule is COC(=O)c1cccc2cc(-c3ccc(C4CC45CCN(C(=O)C4CCCO4)CC5)cc3)ncc12. The standard InChI is InChI=1S/C29H30N2O4/c1-34-28(33)22-5-2-4-21-16-25(30-18-23(21)22)20-9-7-19(8-10-20)24-17-29(24)11-13-31(14-12-29)27(32)26-6-3-15-35-26/h2,4-5,7-10,16,18,24,26H,3,6,11-15,17H2,1H3. The Bertz CT molecular complexity index is 1270. The van der Waals surface area contributed by atoms with Crippen LogP contribution < -0.4 is 0 Å². The summed E-state index contributed by atoms with van der Waals surface area (Å²) in [5, 5.41) is 1.76. The molecule has 1 aromatic heterocycles. The zero-order chi connectivity index (χ0) is 24.0. The summed E-state index contributed by atoms with van der Waals surface area (Å²) < 4.78 is 10.5. The van der Waals surface area contributed by atoms with Crippen molar-refractivity contribution in [3.63, 3.8) is 0 Å². The predicted octanol–water partition coefficient (Wildman–Crippen LogP) is 4.96. The lowest BCUT2D eigenvalue weighted by molar-refractivity contribution is -0.142. The van der Waals surface area contributed by atoms with Gasteiger partial charge < -0.3 is 14.4 Å². The van der Waals surface area contributed by atoms with Gasteiger partial charge in [-0.2, -0.15) is 0 Å². The summed E-state index contributed by atoms with van der Waals surface area (Å²) in [6.45, 7) is 2.42. The number of nitrogens with zero attached hydrogens (tertiary/aromatic N) is 2. The third-order valence-corrected chi connectivity index (χ3v) is 8.24. The van der Waals surface area contributed by atoms with Crippen LogP contribution in [0.3, 0.4) is 0 Å². The number of hydrogen-bond donors (Lipinski definition) is 0. The smallest absolute Gasteiger partial charge is 0.338 e. The van der Waals surface area contributed by atoms with E-state index in [1.165, 1.54) is 19.1 Å². The summed E-state index contributed by atoms with van der Waals surface area (Å²) in [6, 6.07) is 16.4. The number of methoxy groups -OCH3 is 1. The van der Waals surface area contributed by atoms with Crippen LogP contribution in [0.1, 0.15) is 53.9 Å². The van der Waals surface area contributed by atoms with Gasteiger partial charge in [0.2, 0.25) is 0 Å². The maximum absolute atomic E-state index is 12.7. The summed E-state index contributed by atoms with van der Waals surface area (Å²) in [5.74, 6) is 0.416. The van der Waals surface area contributed by atoms with E-state index in [9.17, 15) is 9.59 Å². The van der Waals surface area contributed by atoms with Crippen LogP contribution in [0.15, 0.2) is 54.7 Å². The number of fused-ring (bicyclic) bond motifs is 1. The number of ether oxygens (including phenoxy) is 2. The molecule has 0 N–H and O–H groups in total. The molecule has 180 valence electrons. The lowest BCUT2D eigenvalue weighted by Crippen LogP contribution is -2.44. The minimum atomic E-state index is -0.352. The molecule has 2 unspecified atom stereocenters. The van der Waals surface area contributed by atoms with Crippen LogP contribution in [0.5, 0.6) is 0 Å². The van der Waals surface area contributed by atoms with E-state index in [-0.39, 0.29) is 18.0 Å². The molecular weight excluding hydrogens is 440 g/mol. The molecule has 2 atom stereocenters. The van der Waals surface area contributed by atoms with Gasteiger partial charge >= 0.3 is 5.97 Å². The number of carbonyl (C=O) groups excluding carboxylic acids is 2. The maximum atomic E-state index is 12.7. The Morgan fingerprint density at radius 1 is 1.11 bits per heavy atom. The molecule has 3 fully saturated rings. The summed E-state index contributed by atoms with van der Waals surface area (Å²) in [7, 11) is 1.39. The minimum absolute atomic E-state index is 0.195.